The summed E-state index contributed by atoms with van der Waals surface area (Å²) in [6, 6.07) is 1.36. The Morgan fingerprint density at radius 1 is 1.50 bits per heavy atom. The van der Waals surface area contributed by atoms with E-state index in [2.05, 4.69) is 15.3 Å². The van der Waals surface area contributed by atoms with Gasteiger partial charge in [-0.2, -0.15) is 0 Å². The number of hydrogen-bond donors (Lipinski definition) is 1. The summed E-state index contributed by atoms with van der Waals surface area (Å²) < 4.78 is 27.3. The Bertz CT molecular complexity index is 512. The van der Waals surface area contributed by atoms with Gasteiger partial charge in [0.2, 0.25) is 5.88 Å². The highest BCUT2D eigenvalue weighted by atomic mass is 32.2. The summed E-state index contributed by atoms with van der Waals surface area (Å²) in [5.41, 5.74) is 0. The van der Waals surface area contributed by atoms with Crippen LogP contribution in [-0.4, -0.2) is 37.3 Å². The van der Waals surface area contributed by atoms with Crippen molar-refractivity contribution in [1.29, 1.82) is 0 Å². The first kappa shape index (κ1) is 10.9. The van der Waals surface area contributed by atoms with E-state index >= 15 is 0 Å². The van der Waals surface area contributed by atoms with Crippen molar-refractivity contribution in [3.05, 3.63) is 23.9 Å². The van der Waals surface area contributed by atoms with Crippen LogP contribution in [0.3, 0.4) is 0 Å². The van der Waals surface area contributed by atoms with Crippen LogP contribution in [0.25, 0.3) is 0 Å². The van der Waals surface area contributed by atoms with E-state index in [1.54, 1.807) is 12.1 Å². The number of nitrogens with one attached hydrogen (secondary N) is 1. The van der Waals surface area contributed by atoms with E-state index in [9.17, 15) is 8.42 Å². The van der Waals surface area contributed by atoms with Gasteiger partial charge in [-0.1, -0.05) is 0 Å². The van der Waals surface area contributed by atoms with Crippen molar-refractivity contribution < 1.29 is 13.2 Å². The highest BCUT2D eigenvalue weighted by Crippen LogP contribution is 2.15. The number of sulfone groups is 1. The summed E-state index contributed by atoms with van der Waals surface area (Å²) in [5, 5.41) is 4.19. The molecule has 2 heterocycles. The standard InChI is InChI=1S/C9H11N3O3S/c1-15-9-4-8(10-6-11-9)12-7-2-3-16(13,14)5-7/h2-4,6-7H,5H2,1H3,(H,10,11,12). The number of nitrogens with zero attached hydrogens (tertiary/aromatic N) is 2. The lowest BCUT2D eigenvalue weighted by Gasteiger charge is -2.10. The second kappa shape index (κ2) is 4.09. The summed E-state index contributed by atoms with van der Waals surface area (Å²) in [4.78, 5) is 7.82. The van der Waals surface area contributed by atoms with E-state index in [1.807, 2.05) is 0 Å². The van der Waals surface area contributed by atoms with Crippen molar-refractivity contribution in [2.24, 2.45) is 0 Å². The molecule has 0 radical (unpaired) electrons. The minimum atomic E-state index is -3.05. The number of rotatable bonds is 3. The molecule has 1 aromatic heterocycles. The molecule has 0 saturated carbocycles. The molecule has 16 heavy (non-hydrogen) atoms. The number of anilines is 1. The smallest absolute Gasteiger partial charge is 0.218 e. The van der Waals surface area contributed by atoms with E-state index < -0.39 is 9.84 Å². The zero-order chi connectivity index (χ0) is 11.6. The topological polar surface area (TPSA) is 81.2 Å². The third kappa shape index (κ3) is 2.48. The first-order valence-corrected chi connectivity index (χ1v) is 6.34. The summed E-state index contributed by atoms with van der Waals surface area (Å²) in [6.07, 6.45) is 2.96. The molecular weight excluding hydrogens is 230 g/mol. The van der Waals surface area contributed by atoms with Crippen LogP contribution in [0.15, 0.2) is 23.9 Å². The molecule has 1 atom stereocenters. The summed E-state index contributed by atoms with van der Waals surface area (Å²) in [5.74, 6) is 1.03. The van der Waals surface area contributed by atoms with Gasteiger partial charge in [-0.15, -0.1) is 0 Å². The first-order chi connectivity index (χ1) is 7.59. The van der Waals surface area contributed by atoms with Crippen molar-refractivity contribution in [2.45, 2.75) is 6.04 Å². The molecule has 0 aromatic carbocycles. The summed E-state index contributed by atoms with van der Waals surface area (Å²) >= 11 is 0. The maximum Gasteiger partial charge on any atom is 0.218 e. The Hall–Kier alpha value is -1.63. The van der Waals surface area contributed by atoms with Gasteiger partial charge in [0, 0.05) is 11.5 Å². The maximum atomic E-state index is 11.2. The van der Waals surface area contributed by atoms with Gasteiger partial charge in [-0.25, -0.2) is 18.4 Å². The van der Waals surface area contributed by atoms with Gasteiger partial charge in [-0.3, -0.25) is 0 Å². The fourth-order valence-electron chi connectivity index (χ4n) is 1.39. The van der Waals surface area contributed by atoms with Crippen molar-refractivity contribution in [3.63, 3.8) is 0 Å². The third-order valence-electron chi connectivity index (χ3n) is 2.11. The lowest BCUT2D eigenvalue weighted by molar-refractivity contribution is 0.397. The predicted molar refractivity (Wildman–Crippen MR) is 58.9 cm³/mol. The molecule has 2 rings (SSSR count). The van der Waals surface area contributed by atoms with Crippen molar-refractivity contribution >= 4 is 15.7 Å². The van der Waals surface area contributed by atoms with Crippen LogP contribution in [0.1, 0.15) is 0 Å². The molecule has 6 nitrogen and oxygen atoms in total. The van der Waals surface area contributed by atoms with E-state index in [-0.39, 0.29) is 11.8 Å². The number of ether oxygens (including phenoxy) is 1. The lowest BCUT2D eigenvalue weighted by Crippen LogP contribution is -2.21. The molecule has 0 aliphatic carbocycles. The molecule has 0 fully saturated rings. The van der Waals surface area contributed by atoms with Gasteiger partial charge in [0.1, 0.15) is 12.1 Å². The van der Waals surface area contributed by atoms with E-state index in [0.29, 0.717) is 11.7 Å². The van der Waals surface area contributed by atoms with Crippen LogP contribution in [0, 0.1) is 0 Å². The van der Waals surface area contributed by atoms with Gasteiger partial charge in [0.25, 0.3) is 0 Å². The van der Waals surface area contributed by atoms with Crippen LogP contribution in [-0.2, 0) is 9.84 Å². The van der Waals surface area contributed by atoms with Crippen molar-refractivity contribution in [1.82, 2.24) is 9.97 Å². The Labute approximate surface area is 93.3 Å². The van der Waals surface area contributed by atoms with Gasteiger partial charge in [-0.05, 0) is 6.08 Å². The zero-order valence-electron chi connectivity index (χ0n) is 8.62. The average Bonchev–Trinajstić information content (AvgIpc) is 2.58. The fraction of sp³-hybridized carbons (Fsp3) is 0.333. The van der Waals surface area contributed by atoms with E-state index in [4.69, 9.17) is 4.74 Å². The molecule has 1 aliphatic heterocycles. The second-order valence-corrected chi connectivity index (χ2v) is 5.29. The number of methoxy groups -OCH3 is 1. The van der Waals surface area contributed by atoms with Crippen molar-refractivity contribution in [3.8, 4) is 5.88 Å². The molecule has 0 saturated heterocycles. The molecule has 1 aliphatic rings. The van der Waals surface area contributed by atoms with Gasteiger partial charge < -0.3 is 10.1 Å². The molecule has 0 bridgehead atoms. The SMILES string of the molecule is COc1cc(NC2C=CS(=O)(=O)C2)ncn1. The number of aromatic nitrogens is 2. The second-order valence-electron chi connectivity index (χ2n) is 3.35. The quantitative estimate of drug-likeness (QED) is 0.814. The normalized spacial score (nSPS) is 21.9. The maximum absolute atomic E-state index is 11.2. The third-order valence-corrected chi connectivity index (χ3v) is 3.51. The largest absolute Gasteiger partial charge is 0.481 e. The molecule has 0 amide bonds. The highest BCUT2D eigenvalue weighted by molar-refractivity contribution is 7.94. The minimum absolute atomic E-state index is 0.0549. The summed E-state index contributed by atoms with van der Waals surface area (Å²) in [6.45, 7) is 0. The number of hydrogen-bond acceptors (Lipinski definition) is 6. The van der Waals surface area contributed by atoms with Crippen LogP contribution in [0.5, 0.6) is 5.88 Å². The van der Waals surface area contributed by atoms with Crippen LogP contribution in [0.2, 0.25) is 0 Å². The lowest BCUT2D eigenvalue weighted by atomic mass is 10.3. The van der Waals surface area contributed by atoms with Crippen LogP contribution < -0.4 is 10.1 Å². The van der Waals surface area contributed by atoms with Gasteiger partial charge in [0.15, 0.2) is 9.84 Å². The fourth-order valence-corrected chi connectivity index (χ4v) is 2.62. The van der Waals surface area contributed by atoms with Gasteiger partial charge >= 0.3 is 0 Å². The predicted octanol–water partition coefficient (Wildman–Crippen LogP) is 0.208. The first-order valence-electron chi connectivity index (χ1n) is 4.62. The Balaban J connectivity index is 2.08. The molecular formula is C9H11N3O3S. The molecule has 1 N–H and O–H groups in total. The highest BCUT2D eigenvalue weighted by Gasteiger charge is 2.21. The zero-order valence-corrected chi connectivity index (χ0v) is 9.44. The van der Waals surface area contributed by atoms with E-state index in [0.717, 1.165) is 0 Å². The van der Waals surface area contributed by atoms with Crippen molar-refractivity contribution in [2.75, 3.05) is 18.2 Å². The average molecular weight is 241 g/mol. The minimum Gasteiger partial charge on any atom is -0.481 e. The Morgan fingerprint density at radius 3 is 2.94 bits per heavy atom. The molecule has 86 valence electrons. The van der Waals surface area contributed by atoms with Crippen LogP contribution in [0.4, 0.5) is 5.82 Å². The molecule has 1 unspecified atom stereocenters. The molecule has 7 heteroatoms. The van der Waals surface area contributed by atoms with Crippen LogP contribution >= 0.6 is 0 Å². The molecule has 1 aromatic rings. The van der Waals surface area contributed by atoms with E-state index in [1.165, 1.54) is 18.8 Å². The summed E-state index contributed by atoms with van der Waals surface area (Å²) in [7, 11) is -1.54. The van der Waals surface area contributed by atoms with Gasteiger partial charge in [0.05, 0.1) is 18.9 Å². The Morgan fingerprint density at radius 2 is 2.31 bits per heavy atom. The molecule has 0 spiro atoms. The monoisotopic (exact) mass is 241 g/mol. The Kier molecular flexibility index (Phi) is 2.78.